The summed E-state index contributed by atoms with van der Waals surface area (Å²) in [7, 11) is 2.66. The standard InChI is InChI=1S/C101H205N/c1-11-20-29-38-47-56-57-58-59-60-61-64-73-82-91-98(89-80-71-62-48-39-30-21-12-2,90-81-72-63-49-40-31-22-13-3)99(92-83-74-65-50-41-32-23-14-4,93-84-75-66-51-42-33-24-15-5)100(94-85-76-67-52-43-34-25-16-6,95-86-77-68-53-44-35-26-17-7)101(102-10,96-87-78-69-54-45-36-27-18-8)97-88-79-70-55-46-37-28-19-9/h102H,11-97H2,1-10H3. The predicted molar refractivity (Wildman–Crippen MR) is 472 cm³/mol. The van der Waals surface area contributed by atoms with Crippen molar-refractivity contribution >= 4 is 0 Å². The molecule has 0 atom stereocenters. The third-order valence-corrected chi connectivity index (χ3v) is 27.1. The first kappa shape index (κ1) is 102. The molecule has 0 aromatic carbocycles. The Kier molecular flexibility index (Phi) is 80.4. The smallest absolute Gasteiger partial charge is 0.0240 e. The van der Waals surface area contributed by atoms with Crippen LogP contribution >= 0.6 is 0 Å². The highest BCUT2D eigenvalue weighted by Crippen LogP contribution is 2.71. The first-order valence-corrected chi connectivity index (χ1v) is 50.0. The van der Waals surface area contributed by atoms with Crippen LogP contribution in [0.15, 0.2) is 0 Å². The number of hydrogen-bond acceptors (Lipinski definition) is 1. The van der Waals surface area contributed by atoms with Crippen molar-refractivity contribution in [3.05, 3.63) is 0 Å². The van der Waals surface area contributed by atoms with Gasteiger partial charge in [-0.3, -0.25) is 0 Å². The summed E-state index contributed by atoms with van der Waals surface area (Å²) in [6, 6.07) is 0. The minimum absolute atomic E-state index is 0.166. The molecular formula is C101H205N. The van der Waals surface area contributed by atoms with E-state index in [1.54, 1.807) is 32.1 Å². The van der Waals surface area contributed by atoms with Gasteiger partial charge in [-0.05, 0) is 81.1 Å². The van der Waals surface area contributed by atoms with E-state index in [1.165, 1.54) is 527 Å². The summed E-state index contributed by atoms with van der Waals surface area (Å²) < 4.78 is 0. The molecule has 0 bridgehead atoms. The Balaban J connectivity index is 9.42. The van der Waals surface area contributed by atoms with Crippen LogP contribution in [0.25, 0.3) is 0 Å². The number of hydrogen-bond donors (Lipinski definition) is 1. The Labute approximate surface area is 651 Å². The average Bonchev–Trinajstić information content (AvgIpc) is 0.697. The van der Waals surface area contributed by atoms with E-state index in [2.05, 4.69) is 69.4 Å². The van der Waals surface area contributed by atoms with Crippen LogP contribution in [0.2, 0.25) is 0 Å². The molecule has 0 fully saturated rings. The van der Waals surface area contributed by atoms with Gasteiger partial charge in [0.05, 0.1) is 0 Å². The van der Waals surface area contributed by atoms with E-state index >= 15 is 0 Å². The summed E-state index contributed by atoms with van der Waals surface area (Å²) in [5.41, 5.74) is 1.16. The molecule has 1 N–H and O–H groups in total. The third-order valence-electron chi connectivity index (χ3n) is 27.1. The normalized spacial score (nSPS) is 12.5. The summed E-state index contributed by atoms with van der Waals surface area (Å²) in [6.45, 7) is 21.8. The molecule has 0 aromatic rings. The Morgan fingerprint density at radius 2 is 0.245 bits per heavy atom. The third kappa shape index (κ3) is 53.7. The molecule has 0 unspecified atom stereocenters. The predicted octanol–water partition coefficient (Wildman–Crippen LogP) is 38.0. The zero-order valence-corrected chi connectivity index (χ0v) is 74.0. The van der Waals surface area contributed by atoms with Gasteiger partial charge in [0.15, 0.2) is 0 Å². The van der Waals surface area contributed by atoms with Crippen molar-refractivity contribution in [1.29, 1.82) is 0 Å². The highest BCUT2D eigenvalue weighted by molar-refractivity contribution is 5.18. The van der Waals surface area contributed by atoms with E-state index in [4.69, 9.17) is 5.32 Å². The van der Waals surface area contributed by atoms with Gasteiger partial charge in [-0.15, -0.1) is 0 Å². The zero-order chi connectivity index (χ0) is 74.2. The lowest BCUT2D eigenvalue weighted by molar-refractivity contribution is -0.181. The molecule has 0 aromatic heterocycles. The number of unbranched alkanes of at least 4 members (excludes halogenated alkanes) is 69. The molecule has 0 heterocycles. The van der Waals surface area contributed by atoms with Gasteiger partial charge in [0, 0.05) is 5.54 Å². The fourth-order valence-corrected chi connectivity index (χ4v) is 20.6. The van der Waals surface area contributed by atoms with Crippen LogP contribution in [0.1, 0.15) is 621 Å². The van der Waals surface area contributed by atoms with E-state index < -0.39 is 0 Å². The van der Waals surface area contributed by atoms with E-state index in [-0.39, 0.29) is 11.0 Å². The molecule has 614 valence electrons. The highest BCUT2D eigenvalue weighted by Gasteiger charge is 2.66. The maximum Gasteiger partial charge on any atom is 0.0240 e. The van der Waals surface area contributed by atoms with Crippen molar-refractivity contribution in [3.8, 4) is 0 Å². The van der Waals surface area contributed by atoms with Crippen LogP contribution in [-0.2, 0) is 0 Å². The molecule has 0 radical (unpaired) electrons. The second-order valence-electron chi connectivity index (χ2n) is 35.9. The molecule has 0 amide bonds. The fraction of sp³-hybridized carbons (Fsp3) is 1.00. The van der Waals surface area contributed by atoms with Gasteiger partial charge in [-0.25, -0.2) is 0 Å². The molecule has 102 heavy (non-hydrogen) atoms. The maximum absolute atomic E-state index is 4.90. The summed E-state index contributed by atoms with van der Waals surface area (Å²) in [4.78, 5) is 0. The van der Waals surface area contributed by atoms with Gasteiger partial charge in [-0.1, -0.05) is 563 Å². The van der Waals surface area contributed by atoms with Crippen LogP contribution in [0.5, 0.6) is 0 Å². The molecule has 0 aliphatic carbocycles. The Hall–Kier alpha value is -0.0400. The van der Waals surface area contributed by atoms with Crippen LogP contribution in [0.4, 0.5) is 0 Å². The summed E-state index contributed by atoms with van der Waals surface area (Å²) >= 11 is 0. The van der Waals surface area contributed by atoms with Gasteiger partial charge in [0.2, 0.25) is 0 Å². The van der Waals surface area contributed by atoms with Gasteiger partial charge < -0.3 is 5.32 Å². The van der Waals surface area contributed by atoms with Crippen molar-refractivity contribution in [2.45, 2.75) is 626 Å². The molecule has 1 heteroatoms. The second kappa shape index (κ2) is 80.5. The monoisotopic (exact) mass is 1430 g/mol. The van der Waals surface area contributed by atoms with Crippen LogP contribution in [0.3, 0.4) is 0 Å². The molecule has 1 nitrogen and oxygen atoms in total. The van der Waals surface area contributed by atoms with Crippen LogP contribution < -0.4 is 5.32 Å². The van der Waals surface area contributed by atoms with Crippen molar-refractivity contribution < 1.29 is 0 Å². The zero-order valence-electron chi connectivity index (χ0n) is 74.0. The van der Waals surface area contributed by atoms with Gasteiger partial charge in [-0.2, -0.15) is 0 Å². The fourth-order valence-electron chi connectivity index (χ4n) is 20.6. The second-order valence-corrected chi connectivity index (χ2v) is 35.9. The molecule has 0 spiro atoms. The molecule has 0 aliphatic heterocycles. The first-order valence-electron chi connectivity index (χ1n) is 50.0. The lowest BCUT2D eigenvalue weighted by atomic mass is 9.37. The minimum Gasteiger partial charge on any atom is -0.314 e. The number of nitrogens with one attached hydrogen (secondary N) is 1. The average molecular weight is 1430 g/mol. The maximum atomic E-state index is 4.90. The molecule has 0 saturated carbocycles. The molecule has 0 rings (SSSR count). The van der Waals surface area contributed by atoms with Crippen molar-refractivity contribution in [3.63, 3.8) is 0 Å². The van der Waals surface area contributed by atoms with E-state index in [1.807, 2.05) is 0 Å². The highest BCUT2D eigenvalue weighted by atomic mass is 15.0. The van der Waals surface area contributed by atoms with Gasteiger partial charge in [0.1, 0.15) is 0 Å². The lowest BCUT2D eigenvalue weighted by Crippen LogP contribution is -2.68. The summed E-state index contributed by atoms with van der Waals surface area (Å²) in [5, 5.41) is 4.90. The Morgan fingerprint density at radius 1 is 0.127 bits per heavy atom. The number of rotatable bonds is 91. The van der Waals surface area contributed by atoms with Gasteiger partial charge >= 0.3 is 0 Å². The first-order chi connectivity index (χ1) is 50.4. The van der Waals surface area contributed by atoms with Crippen LogP contribution in [0, 0.1) is 16.2 Å². The summed E-state index contributed by atoms with van der Waals surface area (Å²) in [5.74, 6) is 0. The quantitative estimate of drug-likeness (QED) is 0.0599. The molecule has 0 aliphatic rings. The summed E-state index contributed by atoms with van der Waals surface area (Å²) in [6.07, 6.45) is 128. The topological polar surface area (TPSA) is 12.0 Å². The lowest BCUT2D eigenvalue weighted by Gasteiger charge is -2.69. The van der Waals surface area contributed by atoms with Crippen molar-refractivity contribution in [2.24, 2.45) is 16.2 Å². The molecule has 0 saturated heterocycles. The van der Waals surface area contributed by atoms with Crippen molar-refractivity contribution in [1.82, 2.24) is 5.32 Å². The van der Waals surface area contributed by atoms with E-state index in [0.29, 0.717) is 10.8 Å². The van der Waals surface area contributed by atoms with Crippen molar-refractivity contribution in [2.75, 3.05) is 7.05 Å². The van der Waals surface area contributed by atoms with Gasteiger partial charge in [0.25, 0.3) is 0 Å². The Bertz CT molecular complexity index is 1440. The van der Waals surface area contributed by atoms with Crippen LogP contribution in [-0.4, -0.2) is 12.6 Å². The SMILES string of the molecule is CCCCCCCCCCCCCCCCC(CCCCCCCCCC)(CCCCCCCCCC)C(CCCCCCCCCC)(CCCCCCCCCC)C(CCCCCCCCCC)(CCCCCCCCCC)C(CCCCCCCCCC)(CCCCCCCCCC)NC. The van der Waals surface area contributed by atoms with E-state index in [0.717, 1.165) is 0 Å². The largest absolute Gasteiger partial charge is 0.314 e. The Morgan fingerprint density at radius 3 is 0.392 bits per heavy atom. The molecular weight excluding hydrogens is 1230 g/mol. The minimum atomic E-state index is 0.166. The van der Waals surface area contributed by atoms with E-state index in [9.17, 15) is 0 Å².